The molecular weight excluding hydrogens is 214 g/mol. The lowest BCUT2D eigenvalue weighted by Gasteiger charge is -2.13. The van der Waals surface area contributed by atoms with E-state index in [0.717, 1.165) is 11.8 Å². The average molecular weight is 233 g/mol. The van der Waals surface area contributed by atoms with Gasteiger partial charge in [-0.1, -0.05) is 12.5 Å². The Hall–Kier alpha value is -0.600. The molecule has 1 N–H and O–H groups in total. The summed E-state index contributed by atoms with van der Waals surface area (Å²) >= 11 is 1.88. The Balaban J connectivity index is 1.68. The van der Waals surface area contributed by atoms with Crippen LogP contribution in [-0.4, -0.2) is 12.6 Å². The molecule has 2 heterocycles. The summed E-state index contributed by atoms with van der Waals surface area (Å²) < 4.78 is 0. The summed E-state index contributed by atoms with van der Waals surface area (Å²) in [7, 11) is 0. The second kappa shape index (κ2) is 4.34. The lowest BCUT2D eigenvalue weighted by molar-refractivity contribution is 0.456. The molecule has 1 aliphatic carbocycles. The number of aryl methyl sites for hydroxylation is 1. The third-order valence-corrected chi connectivity index (χ3v) is 4.99. The van der Waals surface area contributed by atoms with E-state index < -0.39 is 0 Å². The van der Waals surface area contributed by atoms with E-state index in [1.807, 2.05) is 11.3 Å². The maximum absolute atomic E-state index is 3.65. The Bertz CT molecular complexity index is 393. The minimum Gasteiger partial charge on any atom is -0.310 e. The van der Waals surface area contributed by atoms with Crippen LogP contribution in [0.25, 0.3) is 6.08 Å². The quantitative estimate of drug-likeness (QED) is 0.825. The van der Waals surface area contributed by atoms with Gasteiger partial charge in [-0.15, -0.1) is 11.3 Å². The highest BCUT2D eigenvalue weighted by Crippen LogP contribution is 2.38. The van der Waals surface area contributed by atoms with Crippen LogP contribution in [0.15, 0.2) is 18.2 Å². The van der Waals surface area contributed by atoms with Gasteiger partial charge in [0.05, 0.1) is 0 Å². The normalized spacial score (nSPS) is 33.7. The van der Waals surface area contributed by atoms with Gasteiger partial charge in [0.15, 0.2) is 0 Å². The van der Waals surface area contributed by atoms with Gasteiger partial charge in [-0.05, 0) is 56.4 Å². The van der Waals surface area contributed by atoms with Crippen LogP contribution >= 0.6 is 11.3 Å². The van der Waals surface area contributed by atoms with Crippen molar-refractivity contribution in [3.05, 3.63) is 28.0 Å². The molecule has 1 aliphatic heterocycles. The molecule has 0 aromatic carbocycles. The average Bonchev–Trinajstić information content (AvgIpc) is 2.91. The summed E-state index contributed by atoms with van der Waals surface area (Å²) in [6.07, 6.45) is 9.01. The van der Waals surface area contributed by atoms with Crippen molar-refractivity contribution in [2.24, 2.45) is 11.8 Å². The molecular formula is C14H19NS. The van der Waals surface area contributed by atoms with Gasteiger partial charge in [0.2, 0.25) is 0 Å². The number of hydrogen-bond donors (Lipinski definition) is 1. The standard InChI is InChI=1S/C14H19NS/c1-10-5-6-12(16-10)7-8-14-13-4-2-3-11(13)9-15-14/h5-8,11,13-15H,2-4,9H2,1H3/b8-7+. The van der Waals surface area contributed by atoms with Gasteiger partial charge in [0.25, 0.3) is 0 Å². The first kappa shape index (κ1) is 10.5. The highest BCUT2D eigenvalue weighted by atomic mass is 32.1. The molecule has 0 bridgehead atoms. The van der Waals surface area contributed by atoms with Crippen molar-refractivity contribution in [2.45, 2.75) is 32.2 Å². The first-order valence-electron chi connectivity index (χ1n) is 6.31. The smallest absolute Gasteiger partial charge is 0.0285 e. The Morgan fingerprint density at radius 3 is 3.12 bits per heavy atom. The summed E-state index contributed by atoms with van der Waals surface area (Å²) in [6.45, 7) is 3.41. The summed E-state index contributed by atoms with van der Waals surface area (Å²) in [5.74, 6) is 1.87. The molecule has 0 amide bonds. The minimum atomic E-state index is 0.634. The summed E-state index contributed by atoms with van der Waals surface area (Å²) in [4.78, 5) is 2.79. The number of hydrogen-bond acceptors (Lipinski definition) is 2. The van der Waals surface area contributed by atoms with Gasteiger partial charge in [-0.2, -0.15) is 0 Å². The Morgan fingerprint density at radius 2 is 2.31 bits per heavy atom. The van der Waals surface area contributed by atoms with Gasteiger partial charge in [0.1, 0.15) is 0 Å². The van der Waals surface area contributed by atoms with E-state index in [-0.39, 0.29) is 0 Å². The van der Waals surface area contributed by atoms with Crippen molar-refractivity contribution >= 4 is 17.4 Å². The molecule has 1 nitrogen and oxygen atoms in total. The predicted molar refractivity (Wildman–Crippen MR) is 70.7 cm³/mol. The Labute approximate surface area is 102 Å². The van der Waals surface area contributed by atoms with Crippen LogP contribution in [0.4, 0.5) is 0 Å². The van der Waals surface area contributed by atoms with Gasteiger partial charge in [-0.3, -0.25) is 0 Å². The molecule has 1 aromatic heterocycles. The van der Waals surface area contributed by atoms with Crippen molar-refractivity contribution in [3.63, 3.8) is 0 Å². The van der Waals surface area contributed by atoms with E-state index in [1.54, 1.807) is 0 Å². The molecule has 16 heavy (non-hydrogen) atoms. The zero-order valence-corrected chi connectivity index (χ0v) is 10.6. The van der Waals surface area contributed by atoms with Crippen molar-refractivity contribution in [1.82, 2.24) is 5.32 Å². The molecule has 2 heteroatoms. The van der Waals surface area contributed by atoms with Crippen molar-refractivity contribution in [3.8, 4) is 0 Å². The van der Waals surface area contributed by atoms with Crippen LogP contribution in [0.2, 0.25) is 0 Å². The van der Waals surface area contributed by atoms with Crippen LogP contribution in [-0.2, 0) is 0 Å². The molecule has 2 fully saturated rings. The van der Waals surface area contributed by atoms with Crippen LogP contribution in [0.5, 0.6) is 0 Å². The van der Waals surface area contributed by atoms with Crippen molar-refractivity contribution in [1.29, 1.82) is 0 Å². The SMILES string of the molecule is Cc1ccc(/C=C/C2NCC3CCCC32)s1. The maximum Gasteiger partial charge on any atom is 0.0285 e. The fraction of sp³-hybridized carbons (Fsp3) is 0.571. The third-order valence-electron chi connectivity index (χ3n) is 4.02. The van der Waals surface area contributed by atoms with Crippen molar-refractivity contribution in [2.75, 3.05) is 6.54 Å². The third kappa shape index (κ3) is 1.96. The maximum atomic E-state index is 3.65. The molecule has 3 rings (SSSR count). The summed E-state index contributed by atoms with van der Waals surface area (Å²) in [6, 6.07) is 5.05. The Kier molecular flexibility index (Phi) is 2.86. The van der Waals surface area contributed by atoms with E-state index in [2.05, 4.69) is 36.5 Å². The zero-order chi connectivity index (χ0) is 11.0. The Morgan fingerprint density at radius 1 is 1.38 bits per heavy atom. The number of rotatable bonds is 2. The van der Waals surface area contributed by atoms with E-state index in [9.17, 15) is 0 Å². The van der Waals surface area contributed by atoms with Gasteiger partial charge in [-0.25, -0.2) is 0 Å². The molecule has 1 saturated heterocycles. The lowest BCUT2D eigenvalue weighted by atomic mass is 9.94. The molecule has 3 atom stereocenters. The molecule has 1 aromatic rings. The number of nitrogens with one attached hydrogen (secondary N) is 1. The summed E-state index contributed by atoms with van der Waals surface area (Å²) in [5, 5.41) is 3.65. The molecule has 2 aliphatic rings. The fourth-order valence-electron chi connectivity index (χ4n) is 3.18. The van der Waals surface area contributed by atoms with Gasteiger partial charge >= 0.3 is 0 Å². The van der Waals surface area contributed by atoms with Crippen molar-refractivity contribution < 1.29 is 0 Å². The minimum absolute atomic E-state index is 0.634. The van der Waals surface area contributed by atoms with E-state index in [0.29, 0.717) is 6.04 Å². The lowest BCUT2D eigenvalue weighted by Crippen LogP contribution is -2.23. The number of thiophene rings is 1. The second-order valence-corrected chi connectivity index (χ2v) is 6.42. The second-order valence-electron chi connectivity index (χ2n) is 5.10. The highest BCUT2D eigenvalue weighted by Gasteiger charge is 2.37. The van der Waals surface area contributed by atoms with E-state index >= 15 is 0 Å². The van der Waals surface area contributed by atoms with Gasteiger partial charge in [0, 0.05) is 15.8 Å². The summed E-state index contributed by atoms with van der Waals surface area (Å²) in [5.41, 5.74) is 0. The van der Waals surface area contributed by atoms with Crippen LogP contribution in [0.1, 0.15) is 29.0 Å². The van der Waals surface area contributed by atoms with Crippen LogP contribution < -0.4 is 5.32 Å². The zero-order valence-electron chi connectivity index (χ0n) is 9.78. The van der Waals surface area contributed by atoms with Gasteiger partial charge < -0.3 is 5.32 Å². The fourth-order valence-corrected chi connectivity index (χ4v) is 3.97. The molecule has 1 saturated carbocycles. The highest BCUT2D eigenvalue weighted by molar-refractivity contribution is 7.12. The first-order chi connectivity index (χ1) is 7.83. The molecule has 0 spiro atoms. The van der Waals surface area contributed by atoms with E-state index in [1.165, 1.54) is 35.6 Å². The number of fused-ring (bicyclic) bond motifs is 1. The molecule has 0 radical (unpaired) electrons. The monoisotopic (exact) mass is 233 g/mol. The van der Waals surface area contributed by atoms with Crippen LogP contribution in [0.3, 0.4) is 0 Å². The molecule has 3 unspecified atom stereocenters. The predicted octanol–water partition coefficient (Wildman–Crippen LogP) is 3.46. The topological polar surface area (TPSA) is 12.0 Å². The molecule has 86 valence electrons. The van der Waals surface area contributed by atoms with Crippen LogP contribution in [0, 0.1) is 18.8 Å². The van der Waals surface area contributed by atoms with E-state index in [4.69, 9.17) is 0 Å². The first-order valence-corrected chi connectivity index (χ1v) is 7.12. The largest absolute Gasteiger partial charge is 0.310 e.